The molecule has 0 fully saturated rings. The summed E-state index contributed by atoms with van der Waals surface area (Å²) in [6.45, 7) is 2.09. The Morgan fingerprint density at radius 1 is 1.29 bits per heavy atom. The number of ketones is 1. The highest BCUT2D eigenvalue weighted by Gasteiger charge is 2.38. The maximum absolute atomic E-state index is 13.0. The molecule has 7 nitrogen and oxygen atoms in total. The molecule has 1 unspecified atom stereocenters. The van der Waals surface area contributed by atoms with Gasteiger partial charge in [0.1, 0.15) is 5.69 Å². The molecular formula is C25H22N4O3S2. The van der Waals surface area contributed by atoms with Crippen LogP contribution >= 0.6 is 23.1 Å². The molecule has 9 heteroatoms. The number of imidazole rings is 1. The molecule has 1 aromatic carbocycles. The zero-order chi connectivity index (χ0) is 23.2. The van der Waals surface area contributed by atoms with E-state index in [1.165, 1.54) is 0 Å². The predicted molar refractivity (Wildman–Crippen MR) is 133 cm³/mol. The van der Waals surface area contributed by atoms with Crippen LogP contribution in [0, 0.1) is 0 Å². The molecule has 0 saturated carbocycles. The number of esters is 1. The predicted octanol–water partition coefficient (Wildman–Crippen LogP) is 5.84. The van der Waals surface area contributed by atoms with Crippen molar-refractivity contribution >= 4 is 51.6 Å². The van der Waals surface area contributed by atoms with Crippen molar-refractivity contribution < 1.29 is 14.3 Å². The number of fused-ring (bicyclic) bond motifs is 2. The average Bonchev–Trinajstić information content (AvgIpc) is 3.56. The first-order valence-corrected chi connectivity index (χ1v) is 12.9. The van der Waals surface area contributed by atoms with Crippen molar-refractivity contribution in [2.24, 2.45) is 0 Å². The molecule has 2 aliphatic rings. The molecule has 1 aliphatic heterocycles. The average molecular weight is 491 g/mol. The number of ether oxygens (including phenoxy) is 1. The summed E-state index contributed by atoms with van der Waals surface area (Å²) in [5.74, 6) is -0.440. The molecule has 4 heterocycles. The molecule has 0 spiro atoms. The highest BCUT2D eigenvalue weighted by atomic mass is 32.2. The van der Waals surface area contributed by atoms with Gasteiger partial charge >= 0.3 is 5.97 Å². The smallest absolute Gasteiger partial charge is 0.356 e. The zero-order valence-corrected chi connectivity index (χ0v) is 20.1. The summed E-state index contributed by atoms with van der Waals surface area (Å²) in [4.78, 5) is 38.8. The standard InChI is InChI=1S/C25H22N4O3S2/c1-2-32-24(31)23-22-14(11-26-23)20(21-17(27-22)8-5-9-18(21)30)19-10-13(12-33-19)34-25-28-15-6-3-4-7-16(15)29-25/h3-4,6-7,10-12,20,26-27H,2,5,8-9H2,1H3,(H,28,29). The maximum atomic E-state index is 13.0. The van der Waals surface area contributed by atoms with Crippen LogP contribution in [0.4, 0.5) is 5.69 Å². The molecule has 0 amide bonds. The minimum Gasteiger partial charge on any atom is -0.461 e. The van der Waals surface area contributed by atoms with E-state index in [0.717, 1.165) is 61.3 Å². The van der Waals surface area contributed by atoms with E-state index in [9.17, 15) is 9.59 Å². The Balaban J connectivity index is 1.38. The second-order valence-electron chi connectivity index (χ2n) is 8.29. The molecule has 6 rings (SSSR count). The Morgan fingerprint density at radius 3 is 3.03 bits per heavy atom. The van der Waals surface area contributed by atoms with Gasteiger partial charge in [0.2, 0.25) is 0 Å². The van der Waals surface area contributed by atoms with Gasteiger partial charge < -0.3 is 20.0 Å². The number of carbonyl (C=O) groups excluding carboxylic acids is 2. The first-order valence-electron chi connectivity index (χ1n) is 11.2. The molecule has 0 radical (unpaired) electrons. The van der Waals surface area contributed by atoms with E-state index in [4.69, 9.17) is 4.74 Å². The van der Waals surface area contributed by atoms with Crippen LogP contribution < -0.4 is 5.32 Å². The monoisotopic (exact) mass is 490 g/mol. The fourth-order valence-electron chi connectivity index (χ4n) is 4.72. The van der Waals surface area contributed by atoms with E-state index >= 15 is 0 Å². The number of para-hydroxylation sites is 2. The molecule has 172 valence electrons. The van der Waals surface area contributed by atoms with Gasteiger partial charge in [0, 0.05) is 44.6 Å². The molecule has 1 atom stereocenters. The molecule has 3 aromatic heterocycles. The fraction of sp³-hybridized carbons (Fsp3) is 0.240. The number of aromatic nitrogens is 3. The quantitative estimate of drug-likeness (QED) is 0.304. The minimum absolute atomic E-state index is 0.170. The number of Topliss-reactive ketones (excluding diaryl/α,β-unsaturated/α-hetero) is 1. The van der Waals surface area contributed by atoms with E-state index in [-0.39, 0.29) is 11.7 Å². The van der Waals surface area contributed by atoms with Crippen LogP contribution in [0.2, 0.25) is 0 Å². The van der Waals surface area contributed by atoms with Crippen molar-refractivity contribution in [1.29, 1.82) is 0 Å². The summed E-state index contributed by atoms with van der Waals surface area (Å²) in [6, 6.07) is 10.1. The van der Waals surface area contributed by atoms with Crippen LogP contribution in [-0.2, 0) is 9.53 Å². The van der Waals surface area contributed by atoms with Crippen LogP contribution in [0.3, 0.4) is 0 Å². The van der Waals surface area contributed by atoms with E-state index in [0.29, 0.717) is 18.7 Å². The number of nitrogens with zero attached hydrogens (tertiary/aromatic N) is 1. The number of benzene rings is 1. The Labute approximate surface area is 204 Å². The molecule has 4 aromatic rings. The first kappa shape index (κ1) is 21.2. The number of hydrogen-bond donors (Lipinski definition) is 3. The van der Waals surface area contributed by atoms with Crippen molar-refractivity contribution in [2.75, 3.05) is 11.9 Å². The lowest BCUT2D eigenvalue weighted by atomic mass is 9.79. The lowest BCUT2D eigenvalue weighted by Gasteiger charge is -2.31. The zero-order valence-electron chi connectivity index (χ0n) is 18.4. The number of anilines is 1. The summed E-state index contributed by atoms with van der Waals surface area (Å²) < 4.78 is 5.24. The fourth-order valence-corrected chi connectivity index (χ4v) is 6.75. The molecule has 0 saturated heterocycles. The second kappa shape index (κ2) is 8.48. The van der Waals surface area contributed by atoms with Gasteiger partial charge in [-0.05, 0) is 38.0 Å². The van der Waals surface area contributed by atoms with Crippen LogP contribution in [-0.4, -0.2) is 33.3 Å². The third-order valence-corrected chi connectivity index (χ3v) is 8.19. The number of aromatic amines is 2. The summed E-state index contributed by atoms with van der Waals surface area (Å²) in [6.07, 6.45) is 3.98. The Kier molecular flexibility index (Phi) is 5.30. The Hall–Kier alpha value is -3.30. The topological polar surface area (TPSA) is 99.9 Å². The summed E-state index contributed by atoms with van der Waals surface area (Å²) in [5.41, 5.74) is 5.69. The van der Waals surface area contributed by atoms with Gasteiger partial charge in [-0.3, -0.25) is 4.79 Å². The van der Waals surface area contributed by atoms with Crippen LogP contribution in [0.15, 0.2) is 63.2 Å². The molecule has 0 bridgehead atoms. The molecular weight excluding hydrogens is 468 g/mol. The van der Waals surface area contributed by atoms with Crippen molar-refractivity contribution in [3.63, 3.8) is 0 Å². The van der Waals surface area contributed by atoms with Gasteiger partial charge in [0.05, 0.1) is 29.2 Å². The number of hydrogen-bond acceptors (Lipinski definition) is 7. The van der Waals surface area contributed by atoms with Gasteiger partial charge in [0.25, 0.3) is 0 Å². The molecule has 3 N–H and O–H groups in total. The Morgan fingerprint density at radius 2 is 2.18 bits per heavy atom. The van der Waals surface area contributed by atoms with Gasteiger partial charge in [-0.25, -0.2) is 9.78 Å². The van der Waals surface area contributed by atoms with E-state index < -0.39 is 5.97 Å². The van der Waals surface area contributed by atoms with E-state index in [2.05, 4.69) is 31.7 Å². The number of nitrogens with one attached hydrogen (secondary N) is 3. The summed E-state index contributed by atoms with van der Waals surface area (Å²) >= 11 is 3.20. The number of rotatable bonds is 5. The van der Waals surface area contributed by atoms with Crippen molar-refractivity contribution in [3.05, 3.63) is 69.3 Å². The normalized spacial score (nSPS) is 17.4. The number of carbonyl (C=O) groups is 2. The van der Waals surface area contributed by atoms with E-state index in [1.807, 2.05) is 30.5 Å². The van der Waals surface area contributed by atoms with Crippen molar-refractivity contribution in [2.45, 2.75) is 42.2 Å². The van der Waals surface area contributed by atoms with Gasteiger partial charge in [-0.2, -0.15) is 0 Å². The number of allylic oxidation sites excluding steroid dienone is 2. The van der Waals surface area contributed by atoms with E-state index in [1.54, 1.807) is 30.0 Å². The van der Waals surface area contributed by atoms with Gasteiger partial charge in [-0.15, -0.1) is 11.3 Å². The van der Waals surface area contributed by atoms with Gasteiger partial charge in [-0.1, -0.05) is 23.9 Å². The summed E-state index contributed by atoms with van der Waals surface area (Å²) in [7, 11) is 0. The van der Waals surface area contributed by atoms with Crippen LogP contribution in [0.1, 0.15) is 53.0 Å². The first-order chi connectivity index (χ1) is 16.6. The Bertz CT molecular complexity index is 1430. The SMILES string of the molecule is CCOC(=O)c1[nH]cc2c1NC1=C(C(=O)CCC1)C2c1cc(Sc2nc3ccccc3[nH]2)cs1. The lowest BCUT2D eigenvalue weighted by Crippen LogP contribution is -2.26. The van der Waals surface area contributed by atoms with Crippen molar-refractivity contribution in [1.82, 2.24) is 15.0 Å². The maximum Gasteiger partial charge on any atom is 0.356 e. The third kappa shape index (κ3) is 3.56. The highest BCUT2D eigenvalue weighted by Crippen LogP contribution is 2.49. The van der Waals surface area contributed by atoms with Gasteiger partial charge in [0.15, 0.2) is 10.9 Å². The number of thiophene rings is 1. The lowest BCUT2D eigenvalue weighted by molar-refractivity contribution is -0.116. The third-order valence-electron chi connectivity index (χ3n) is 6.18. The minimum atomic E-state index is -0.395. The second-order valence-corrected chi connectivity index (χ2v) is 10.3. The molecule has 1 aliphatic carbocycles. The molecule has 34 heavy (non-hydrogen) atoms. The largest absolute Gasteiger partial charge is 0.461 e. The highest BCUT2D eigenvalue weighted by molar-refractivity contribution is 7.99. The summed E-state index contributed by atoms with van der Waals surface area (Å²) in [5, 5.41) is 6.32. The van der Waals surface area contributed by atoms with Crippen molar-refractivity contribution in [3.8, 4) is 0 Å². The van der Waals surface area contributed by atoms with Crippen LogP contribution in [0.5, 0.6) is 0 Å². The number of H-pyrrole nitrogens is 2. The van der Waals surface area contributed by atoms with Crippen LogP contribution in [0.25, 0.3) is 11.0 Å².